The lowest BCUT2D eigenvalue weighted by Gasteiger charge is -2.05. The minimum absolute atomic E-state index is 0.377. The highest BCUT2D eigenvalue weighted by molar-refractivity contribution is 5.61. The van der Waals surface area contributed by atoms with E-state index in [-0.39, 0.29) is 0 Å². The van der Waals surface area contributed by atoms with Gasteiger partial charge in [-0.3, -0.25) is 0 Å². The molecule has 2 rings (SSSR count). The first-order valence-corrected chi connectivity index (χ1v) is 5.88. The summed E-state index contributed by atoms with van der Waals surface area (Å²) in [5, 5.41) is 0. The molecule has 1 aromatic heterocycles. The molecule has 90 valence electrons. The number of aryl methyl sites for hydroxylation is 1. The largest absolute Gasteiger partial charge is 0.444 e. The number of hydrogen-bond acceptors (Lipinski definition) is 3. The first-order valence-electron chi connectivity index (χ1n) is 5.88. The van der Waals surface area contributed by atoms with Gasteiger partial charge in [-0.1, -0.05) is 38.1 Å². The monoisotopic (exact) mass is 230 g/mol. The highest BCUT2D eigenvalue weighted by Crippen LogP contribution is 2.25. The van der Waals surface area contributed by atoms with Crippen molar-refractivity contribution in [2.24, 2.45) is 5.73 Å². The molecule has 0 aliphatic heterocycles. The molecule has 0 bridgehead atoms. The maximum atomic E-state index is 5.65. The number of aromatic nitrogens is 1. The van der Waals surface area contributed by atoms with Crippen LogP contribution in [0.5, 0.6) is 0 Å². The molecule has 3 nitrogen and oxygen atoms in total. The Balaban J connectivity index is 2.39. The van der Waals surface area contributed by atoms with Crippen molar-refractivity contribution in [3.8, 4) is 11.3 Å². The van der Waals surface area contributed by atoms with Gasteiger partial charge in [0.25, 0.3) is 0 Å². The van der Waals surface area contributed by atoms with Gasteiger partial charge in [0, 0.05) is 12.5 Å². The fourth-order valence-corrected chi connectivity index (χ4v) is 1.86. The van der Waals surface area contributed by atoms with E-state index in [0.29, 0.717) is 18.4 Å². The van der Waals surface area contributed by atoms with Crippen molar-refractivity contribution < 1.29 is 4.42 Å². The SMILES string of the molecule is Cc1nc(-c2ccc(C(C)C)cc2)c(CN)o1. The molecule has 0 unspecified atom stereocenters. The van der Waals surface area contributed by atoms with Crippen LogP contribution in [-0.4, -0.2) is 4.98 Å². The van der Waals surface area contributed by atoms with Crippen LogP contribution >= 0.6 is 0 Å². The molecule has 0 fully saturated rings. The molecule has 1 heterocycles. The summed E-state index contributed by atoms with van der Waals surface area (Å²) in [5.41, 5.74) is 8.89. The lowest BCUT2D eigenvalue weighted by atomic mass is 10.0. The van der Waals surface area contributed by atoms with Crippen molar-refractivity contribution in [2.75, 3.05) is 0 Å². The quantitative estimate of drug-likeness (QED) is 0.880. The van der Waals surface area contributed by atoms with Crippen LogP contribution in [-0.2, 0) is 6.54 Å². The maximum Gasteiger partial charge on any atom is 0.191 e. The van der Waals surface area contributed by atoms with E-state index in [1.54, 1.807) is 0 Å². The van der Waals surface area contributed by atoms with Crippen LogP contribution in [0.2, 0.25) is 0 Å². The zero-order chi connectivity index (χ0) is 12.4. The Morgan fingerprint density at radius 3 is 2.41 bits per heavy atom. The highest BCUT2D eigenvalue weighted by atomic mass is 16.4. The Labute approximate surface area is 102 Å². The minimum atomic E-state index is 0.377. The van der Waals surface area contributed by atoms with E-state index < -0.39 is 0 Å². The third-order valence-electron chi connectivity index (χ3n) is 2.84. The van der Waals surface area contributed by atoms with Gasteiger partial charge in [-0.05, 0) is 11.5 Å². The number of rotatable bonds is 3. The maximum absolute atomic E-state index is 5.65. The van der Waals surface area contributed by atoms with Gasteiger partial charge in [0.15, 0.2) is 5.89 Å². The number of nitrogens with zero attached hydrogens (tertiary/aromatic N) is 1. The fourth-order valence-electron chi connectivity index (χ4n) is 1.86. The molecule has 2 aromatic rings. The van der Waals surface area contributed by atoms with Gasteiger partial charge in [-0.2, -0.15) is 0 Å². The van der Waals surface area contributed by atoms with E-state index in [1.807, 2.05) is 6.92 Å². The summed E-state index contributed by atoms with van der Waals surface area (Å²) in [7, 11) is 0. The molecule has 1 aromatic carbocycles. The first kappa shape index (κ1) is 11.9. The molecule has 0 aliphatic rings. The predicted molar refractivity (Wildman–Crippen MR) is 68.7 cm³/mol. The van der Waals surface area contributed by atoms with Crippen molar-refractivity contribution in [3.63, 3.8) is 0 Å². The molecule has 0 radical (unpaired) electrons. The van der Waals surface area contributed by atoms with E-state index >= 15 is 0 Å². The van der Waals surface area contributed by atoms with E-state index in [1.165, 1.54) is 5.56 Å². The molecule has 3 heteroatoms. The van der Waals surface area contributed by atoms with Gasteiger partial charge in [0.2, 0.25) is 0 Å². The highest BCUT2D eigenvalue weighted by Gasteiger charge is 2.11. The van der Waals surface area contributed by atoms with E-state index in [2.05, 4.69) is 43.1 Å². The van der Waals surface area contributed by atoms with Crippen LogP contribution in [0.1, 0.15) is 37.0 Å². The van der Waals surface area contributed by atoms with Crippen LogP contribution in [0, 0.1) is 6.92 Å². The molecule has 0 saturated carbocycles. The van der Waals surface area contributed by atoms with Gasteiger partial charge >= 0.3 is 0 Å². The predicted octanol–water partition coefficient (Wildman–Crippen LogP) is 3.23. The zero-order valence-electron chi connectivity index (χ0n) is 10.5. The number of oxazole rings is 1. The van der Waals surface area contributed by atoms with E-state index in [9.17, 15) is 0 Å². The van der Waals surface area contributed by atoms with Gasteiger partial charge in [0.1, 0.15) is 11.5 Å². The van der Waals surface area contributed by atoms with Crippen molar-refractivity contribution in [1.29, 1.82) is 0 Å². The summed E-state index contributed by atoms with van der Waals surface area (Å²) in [6.07, 6.45) is 0. The summed E-state index contributed by atoms with van der Waals surface area (Å²) < 4.78 is 5.46. The molecular formula is C14H18N2O. The Morgan fingerprint density at radius 2 is 1.88 bits per heavy atom. The normalized spacial score (nSPS) is 11.1. The first-order chi connectivity index (χ1) is 8.11. The number of nitrogens with two attached hydrogens (primary N) is 1. The molecular weight excluding hydrogens is 212 g/mol. The van der Waals surface area contributed by atoms with Crippen LogP contribution in [0.4, 0.5) is 0 Å². The zero-order valence-corrected chi connectivity index (χ0v) is 10.5. The van der Waals surface area contributed by atoms with Gasteiger partial charge < -0.3 is 10.2 Å². The summed E-state index contributed by atoms with van der Waals surface area (Å²) in [6.45, 7) is 6.58. The Morgan fingerprint density at radius 1 is 1.24 bits per heavy atom. The summed E-state index contributed by atoms with van der Waals surface area (Å²) in [4.78, 5) is 4.38. The Kier molecular flexibility index (Phi) is 3.29. The van der Waals surface area contributed by atoms with Crippen molar-refractivity contribution >= 4 is 0 Å². The van der Waals surface area contributed by atoms with E-state index in [0.717, 1.165) is 17.0 Å². The van der Waals surface area contributed by atoms with Crippen LogP contribution in [0.25, 0.3) is 11.3 Å². The van der Waals surface area contributed by atoms with Crippen LogP contribution in [0.15, 0.2) is 28.7 Å². The third-order valence-corrected chi connectivity index (χ3v) is 2.84. The Hall–Kier alpha value is -1.61. The van der Waals surface area contributed by atoms with Gasteiger partial charge in [-0.15, -0.1) is 0 Å². The summed E-state index contributed by atoms with van der Waals surface area (Å²) in [6, 6.07) is 8.41. The fraction of sp³-hybridized carbons (Fsp3) is 0.357. The Bertz CT molecular complexity index is 497. The second-order valence-corrected chi connectivity index (χ2v) is 4.49. The number of hydrogen-bond donors (Lipinski definition) is 1. The number of benzene rings is 1. The average Bonchev–Trinajstić information content (AvgIpc) is 2.70. The second kappa shape index (κ2) is 4.72. The molecule has 0 saturated heterocycles. The van der Waals surface area contributed by atoms with Gasteiger partial charge in [0.05, 0.1) is 6.54 Å². The third kappa shape index (κ3) is 2.39. The van der Waals surface area contributed by atoms with Gasteiger partial charge in [-0.25, -0.2) is 4.98 Å². The van der Waals surface area contributed by atoms with E-state index in [4.69, 9.17) is 10.2 Å². The summed E-state index contributed by atoms with van der Waals surface area (Å²) >= 11 is 0. The molecule has 0 spiro atoms. The molecule has 0 amide bonds. The lowest BCUT2D eigenvalue weighted by Crippen LogP contribution is -1.96. The van der Waals surface area contributed by atoms with Crippen LogP contribution < -0.4 is 5.73 Å². The molecule has 0 atom stereocenters. The standard InChI is InChI=1S/C14H18N2O/c1-9(2)11-4-6-12(7-5-11)14-13(8-15)17-10(3)16-14/h4-7,9H,8,15H2,1-3H3. The van der Waals surface area contributed by atoms with Crippen molar-refractivity contribution in [2.45, 2.75) is 33.2 Å². The topological polar surface area (TPSA) is 52.0 Å². The summed E-state index contributed by atoms with van der Waals surface area (Å²) in [5.74, 6) is 1.95. The van der Waals surface area contributed by atoms with Crippen molar-refractivity contribution in [1.82, 2.24) is 4.98 Å². The molecule has 0 aliphatic carbocycles. The lowest BCUT2D eigenvalue weighted by molar-refractivity contribution is 0.477. The second-order valence-electron chi connectivity index (χ2n) is 4.49. The average molecular weight is 230 g/mol. The molecule has 17 heavy (non-hydrogen) atoms. The minimum Gasteiger partial charge on any atom is -0.444 e. The smallest absolute Gasteiger partial charge is 0.191 e. The van der Waals surface area contributed by atoms with Crippen LogP contribution in [0.3, 0.4) is 0 Å². The van der Waals surface area contributed by atoms with Crippen molar-refractivity contribution in [3.05, 3.63) is 41.5 Å². The molecule has 2 N–H and O–H groups in total.